The summed E-state index contributed by atoms with van der Waals surface area (Å²) in [6.07, 6.45) is 5.59. The van der Waals surface area contributed by atoms with Crippen molar-refractivity contribution in [1.82, 2.24) is 5.32 Å². The smallest absolute Gasteiger partial charge is 0.324 e. The molecule has 2 heterocycles. The van der Waals surface area contributed by atoms with Gasteiger partial charge in [-0.3, -0.25) is 19.7 Å². The fourth-order valence-electron chi connectivity index (χ4n) is 6.64. The van der Waals surface area contributed by atoms with Crippen molar-refractivity contribution >= 4 is 29.2 Å². The van der Waals surface area contributed by atoms with Gasteiger partial charge < -0.3 is 10.0 Å². The van der Waals surface area contributed by atoms with E-state index in [9.17, 15) is 19.5 Å². The number of aryl methyl sites for hydroxylation is 1. The molecule has 36 heavy (non-hydrogen) atoms. The Balaban J connectivity index is 1.61. The first-order chi connectivity index (χ1) is 17.2. The molecule has 3 aliphatic rings. The number of anilines is 2. The van der Waals surface area contributed by atoms with Crippen LogP contribution in [0, 0.1) is 24.7 Å². The number of carbonyl (C=O) groups is 3. The van der Waals surface area contributed by atoms with Crippen LogP contribution in [0.3, 0.4) is 0 Å². The number of nitrogens with zero attached hydrogens (tertiary/aromatic N) is 2. The zero-order valence-corrected chi connectivity index (χ0v) is 21.2. The summed E-state index contributed by atoms with van der Waals surface area (Å²) in [7, 11) is 3.91. The average Bonchev–Trinajstić information content (AvgIpc) is 3.34. The third-order valence-corrected chi connectivity index (χ3v) is 8.50. The highest BCUT2D eigenvalue weighted by Crippen LogP contribution is 2.53. The molecule has 5 rings (SSSR count). The van der Waals surface area contributed by atoms with Gasteiger partial charge in [-0.05, 0) is 48.6 Å². The molecule has 2 aromatic rings. The molecule has 0 aromatic heterocycles. The van der Waals surface area contributed by atoms with Crippen molar-refractivity contribution in [3.8, 4) is 0 Å². The molecule has 2 aromatic carbocycles. The van der Waals surface area contributed by atoms with Gasteiger partial charge in [0.2, 0.25) is 11.8 Å². The van der Waals surface area contributed by atoms with Gasteiger partial charge in [-0.2, -0.15) is 0 Å². The Morgan fingerprint density at radius 1 is 1.03 bits per heavy atom. The highest BCUT2D eigenvalue weighted by molar-refractivity contribution is 6.24. The monoisotopic (exact) mass is 489 g/mol. The van der Waals surface area contributed by atoms with Crippen LogP contribution in [0.1, 0.15) is 55.7 Å². The van der Waals surface area contributed by atoms with E-state index in [-0.39, 0.29) is 11.8 Å². The molecule has 1 saturated carbocycles. The van der Waals surface area contributed by atoms with Gasteiger partial charge in [0.1, 0.15) is 5.54 Å². The second-order valence-electron chi connectivity index (χ2n) is 10.9. The number of imide groups is 1. The van der Waals surface area contributed by atoms with E-state index >= 15 is 0 Å². The standard InChI is InChI=1S/C29H35N3O4/c1-18-9-7-8-12-22(18)32-26(33)23-24(27(32)34)29(28(35)36,17-19-10-5-4-6-11-19)30-25(23)20-13-15-21(16-14-20)31(2)3/h7-9,12-16,19,23-25,30H,4-6,10-11,17H2,1-3H3,(H,35,36). The number of carboxylic acids is 1. The van der Waals surface area contributed by atoms with Crippen LogP contribution >= 0.6 is 0 Å². The second-order valence-corrected chi connectivity index (χ2v) is 10.9. The van der Waals surface area contributed by atoms with Gasteiger partial charge in [-0.25, -0.2) is 4.90 Å². The van der Waals surface area contributed by atoms with E-state index in [2.05, 4.69) is 5.32 Å². The number of carbonyl (C=O) groups excluding carboxylic acids is 2. The van der Waals surface area contributed by atoms with Crippen LogP contribution in [0.25, 0.3) is 0 Å². The molecule has 0 bridgehead atoms. The number of rotatable bonds is 6. The number of benzene rings is 2. The lowest BCUT2D eigenvalue weighted by Crippen LogP contribution is -2.57. The molecular weight excluding hydrogens is 454 g/mol. The van der Waals surface area contributed by atoms with E-state index in [1.54, 1.807) is 12.1 Å². The highest BCUT2D eigenvalue weighted by atomic mass is 16.4. The van der Waals surface area contributed by atoms with Gasteiger partial charge in [0, 0.05) is 25.8 Å². The summed E-state index contributed by atoms with van der Waals surface area (Å²) in [6, 6.07) is 14.6. The lowest BCUT2D eigenvalue weighted by atomic mass is 9.72. The Kier molecular flexibility index (Phi) is 6.37. The Bertz CT molecular complexity index is 1170. The highest BCUT2D eigenvalue weighted by Gasteiger charge is 2.69. The maximum Gasteiger partial charge on any atom is 0.324 e. The summed E-state index contributed by atoms with van der Waals surface area (Å²) in [5.41, 5.74) is 1.71. The molecule has 2 saturated heterocycles. The first-order valence-electron chi connectivity index (χ1n) is 13.0. The summed E-state index contributed by atoms with van der Waals surface area (Å²) < 4.78 is 0. The second kappa shape index (κ2) is 9.36. The van der Waals surface area contributed by atoms with Crippen LogP contribution in [-0.4, -0.2) is 42.5 Å². The van der Waals surface area contributed by atoms with Crippen molar-refractivity contribution in [2.45, 2.75) is 57.0 Å². The summed E-state index contributed by atoms with van der Waals surface area (Å²) in [4.78, 5) is 44.3. The molecule has 190 valence electrons. The number of amides is 2. The zero-order valence-electron chi connectivity index (χ0n) is 21.2. The van der Waals surface area contributed by atoms with Crippen molar-refractivity contribution in [1.29, 1.82) is 0 Å². The predicted octanol–water partition coefficient (Wildman–Crippen LogP) is 4.30. The van der Waals surface area contributed by atoms with Crippen LogP contribution in [0.5, 0.6) is 0 Å². The normalized spacial score (nSPS) is 28.4. The van der Waals surface area contributed by atoms with Crippen molar-refractivity contribution < 1.29 is 19.5 Å². The van der Waals surface area contributed by atoms with Crippen LogP contribution in [0.15, 0.2) is 48.5 Å². The first-order valence-corrected chi connectivity index (χ1v) is 13.0. The molecule has 3 fully saturated rings. The SMILES string of the molecule is Cc1ccccc1N1C(=O)C2C(c3ccc(N(C)C)cc3)NC(CC3CCCCC3)(C(=O)O)C2C1=O. The third kappa shape index (κ3) is 3.90. The van der Waals surface area contributed by atoms with Crippen molar-refractivity contribution in [2.75, 3.05) is 23.9 Å². The molecule has 2 amide bonds. The molecule has 2 N–H and O–H groups in total. The summed E-state index contributed by atoms with van der Waals surface area (Å²) in [5, 5.41) is 14.1. The van der Waals surface area contributed by atoms with E-state index < -0.39 is 35.3 Å². The number of aliphatic carboxylic acids is 1. The summed E-state index contributed by atoms with van der Waals surface area (Å²) in [5.74, 6) is -3.28. The molecule has 0 spiro atoms. The van der Waals surface area contributed by atoms with E-state index in [4.69, 9.17) is 0 Å². The van der Waals surface area contributed by atoms with Gasteiger partial charge in [0.25, 0.3) is 0 Å². The van der Waals surface area contributed by atoms with Crippen LogP contribution in [-0.2, 0) is 14.4 Å². The summed E-state index contributed by atoms with van der Waals surface area (Å²) >= 11 is 0. The zero-order chi connectivity index (χ0) is 25.6. The van der Waals surface area contributed by atoms with E-state index in [1.165, 1.54) is 4.90 Å². The van der Waals surface area contributed by atoms with Gasteiger partial charge in [-0.1, -0.05) is 62.4 Å². The van der Waals surface area contributed by atoms with E-state index in [0.717, 1.165) is 48.9 Å². The van der Waals surface area contributed by atoms with Gasteiger partial charge in [0.15, 0.2) is 0 Å². The fourth-order valence-corrected chi connectivity index (χ4v) is 6.64. The van der Waals surface area contributed by atoms with Gasteiger partial charge in [-0.15, -0.1) is 0 Å². The molecule has 4 atom stereocenters. The Labute approximate surface area is 212 Å². The number of hydrogen-bond acceptors (Lipinski definition) is 5. The Morgan fingerprint density at radius 3 is 2.31 bits per heavy atom. The molecule has 1 aliphatic carbocycles. The maximum atomic E-state index is 14.0. The van der Waals surface area contributed by atoms with Gasteiger partial charge in [0.05, 0.1) is 17.5 Å². The van der Waals surface area contributed by atoms with Gasteiger partial charge >= 0.3 is 5.97 Å². The number of fused-ring (bicyclic) bond motifs is 1. The number of hydrogen-bond donors (Lipinski definition) is 2. The lowest BCUT2D eigenvalue weighted by Gasteiger charge is -2.35. The molecule has 0 radical (unpaired) electrons. The van der Waals surface area contributed by atoms with E-state index in [1.807, 2.05) is 62.3 Å². The first kappa shape index (κ1) is 24.5. The molecule has 7 nitrogen and oxygen atoms in total. The molecule has 7 heteroatoms. The minimum Gasteiger partial charge on any atom is -0.480 e. The molecule has 2 aliphatic heterocycles. The number of para-hydroxylation sites is 1. The average molecular weight is 490 g/mol. The largest absolute Gasteiger partial charge is 0.480 e. The van der Waals surface area contributed by atoms with E-state index in [0.29, 0.717) is 12.1 Å². The van der Waals surface area contributed by atoms with Crippen molar-refractivity contribution in [3.63, 3.8) is 0 Å². The van der Waals surface area contributed by atoms with Crippen molar-refractivity contribution in [3.05, 3.63) is 59.7 Å². The van der Waals surface area contributed by atoms with Crippen LogP contribution in [0.4, 0.5) is 11.4 Å². The van der Waals surface area contributed by atoms with Crippen molar-refractivity contribution in [2.24, 2.45) is 17.8 Å². The van der Waals surface area contributed by atoms with Crippen LogP contribution < -0.4 is 15.1 Å². The molecular formula is C29H35N3O4. The number of carboxylic acid groups (broad SMARTS) is 1. The molecule has 4 unspecified atom stereocenters. The van der Waals surface area contributed by atoms with Crippen LogP contribution in [0.2, 0.25) is 0 Å². The summed E-state index contributed by atoms with van der Waals surface area (Å²) in [6.45, 7) is 1.87. The Hall–Kier alpha value is -3.19. The third-order valence-electron chi connectivity index (χ3n) is 8.50. The predicted molar refractivity (Wildman–Crippen MR) is 139 cm³/mol. The maximum absolute atomic E-state index is 14.0. The quantitative estimate of drug-likeness (QED) is 0.588. The topological polar surface area (TPSA) is 90.0 Å². The number of nitrogens with one attached hydrogen (secondary N) is 1. The fraction of sp³-hybridized carbons (Fsp3) is 0.483. The lowest BCUT2D eigenvalue weighted by molar-refractivity contribution is -0.150. The minimum atomic E-state index is -1.48. The minimum absolute atomic E-state index is 0.216. The Morgan fingerprint density at radius 2 is 1.69 bits per heavy atom.